The molecule has 0 aromatic carbocycles. The second-order valence-electron chi connectivity index (χ2n) is 5.04. The first-order valence-corrected chi connectivity index (χ1v) is 6.66. The number of nitrogens with zero attached hydrogens (tertiary/aromatic N) is 1. The lowest BCUT2D eigenvalue weighted by atomic mass is 10.2. The summed E-state index contributed by atoms with van der Waals surface area (Å²) in [5.41, 5.74) is 1.97. The van der Waals surface area contributed by atoms with Gasteiger partial charge in [0.25, 0.3) is 0 Å². The first-order valence-electron chi connectivity index (χ1n) is 6.66. The van der Waals surface area contributed by atoms with Crippen LogP contribution in [0.2, 0.25) is 0 Å². The molecular formula is C14H22N2O2. The maximum Gasteiger partial charge on any atom is 0.142 e. The van der Waals surface area contributed by atoms with E-state index in [2.05, 4.69) is 10.3 Å². The first kappa shape index (κ1) is 13.3. The van der Waals surface area contributed by atoms with E-state index in [0.29, 0.717) is 19.1 Å². The molecule has 0 saturated heterocycles. The molecule has 0 radical (unpaired) electrons. The number of rotatable bonds is 7. The number of ether oxygens (including phenoxy) is 1. The molecule has 0 aliphatic heterocycles. The Kier molecular flexibility index (Phi) is 4.55. The van der Waals surface area contributed by atoms with Crippen LogP contribution in [0.3, 0.4) is 0 Å². The van der Waals surface area contributed by atoms with Crippen molar-refractivity contribution in [2.24, 2.45) is 0 Å². The molecule has 1 aliphatic carbocycles. The number of aliphatic hydroxyl groups excluding tert-OH is 1. The number of nitrogens with one attached hydrogen (secondary N) is 1. The van der Waals surface area contributed by atoms with Gasteiger partial charge in [0, 0.05) is 24.7 Å². The van der Waals surface area contributed by atoms with Crippen molar-refractivity contribution in [2.45, 2.75) is 51.8 Å². The summed E-state index contributed by atoms with van der Waals surface area (Å²) in [4.78, 5) is 4.52. The fourth-order valence-electron chi connectivity index (χ4n) is 1.72. The second kappa shape index (κ2) is 6.16. The van der Waals surface area contributed by atoms with Crippen molar-refractivity contribution in [3.8, 4) is 5.75 Å². The summed E-state index contributed by atoms with van der Waals surface area (Å²) in [6.45, 7) is 5.04. The number of pyridine rings is 1. The molecule has 1 heterocycles. The Hall–Kier alpha value is -1.13. The van der Waals surface area contributed by atoms with Crippen LogP contribution in [0.15, 0.2) is 12.1 Å². The highest BCUT2D eigenvalue weighted by atomic mass is 16.5. The topological polar surface area (TPSA) is 54.4 Å². The normalized spacial score (nSPS) is 16.6. The first-order chi connectivity index (χ1) is 8.65. The van der Waals surface area contributed by atoms with Gasteiger partial charge in [-0.15, -0.1) is 0 Å². The van der Waals surface area contributed by atoms with Gasteiger partial charge in [0.2, 0.25) is 0 Å². The lowest BCUT2D eigenvalue weighted by molar-refractivity contribution is 0.155. The summed E-state index contributed by atoms with van der Waals surface area (Å²) in [6.07, 6.45) is 2.86. The predicted molar refractivity (Wildman–Crippen MR) is 70.6 cm³/mol. The number of hydrogen-bond acceptors (Lipinski definition) is 4. The zero-order valence-corrected chi connectivity index (χ0v) is 11.1. The molecule has 4 heteroatoms. The molecule has 4 nitrogen and oxygen atoms in total. The van der Waals surface area contributed by atoms with E-state index < -0.39 is 0 Å². The van der Waals surface area contributed by atoms with Crippen LogP contribution in [0.4, 0.5) is 0 Å². The molecule has 1 unspecified atom stereocenters. The highest BCUT2D eigenvalue weighted by Gasteiger charge is 2.21. The minimum absolute atomic E-state index is 0.323. The van der Waals surface area contributed by atoms with Crippen LogP contribution >= 0.6 is 0 Å². The van der Waals surface area contributed by atoms with E-state index in [-0.39, 0.29) is 6.10 Å². The maximum absolute atomic E-state index is 9.22. The van der Waals surface area contributed by atoms with Crippen LogP contribution in [0.5, 0.6) is 5.75 Å². The number of hydrogen-bond donors (Lipinski definition) is 2. The number of aromatic nitrogens is 1. The number of aryl methyl sites for hydroxylation is 1. The summed E-state index contributed by atoms with van der Waals surface area (Å²) in [5, 5.41) is 12.7. The van der Waals surface area contributed by atoms with E-state index in [1.165, 1.54) is 12.8 Å². The molecule has 18 heavy (non-hydrogen) atoms. The third-order valence-corrected chi connectivity index (χ3v) is 3.00. The van der Waals surface area contributed by atoms with Gasteiger partial charge in [-0.1, -0.05) is 0 Å². The van der Waals surface area contributed by atoms with Crippen molar-refractivity contribution in [2.75, 3.05) is 6.61 Å². The molecule has 2 rings (SSSR count). The quantitative estimate of drug-likeness (QED) is 0.774. The standard InChI is InChI=1S/C14H22N2O2/c1-10-3-6-14(18-8-7-11(2)17)13(16-10)9-15-12-4-5-12/h3,6,11-12,15,17H,4-5,7-9H2,1-2H3. The Labute approximate surface area is 108 Å². The molecule has 1 atom stereocenters. The molecule has 1 aliphatic rings. The predicted octanol–water partition coefficient (Wildman–Crippen LogP) is 1.79. The van der Waals surface area contributed by atoms with E-state index in [9.17, 15) is 5.11 Å². The lowest BCUT2D eigenvalue weighted by Gasteiger charge is -2.12. The Morgan fingerprint density at radius 2 is 2.28 bits per heavy atom. The minimum atomic E-state index is -0.323. The highest BCUT2D eigenvalue weighted by Crippen LogP contribution is 2.22. The smallest absolute Gasteiger partial charge is 0.142 e. The second-order valence-corrected chi connectivity index (χ2v) is 5.04. The molecule has 1 aromatic heterocycles. The monoisotopic (exact) mass is 250 g/mol. The van der Waals surface area contributed by atoms with Gasteiger partial charge < -0.3 is 15.2 Å². The minimum Gasteiger partial charge on any atom is -0.492 e. The van der Waals surface area contributed by atoms with Crippen LogP contribution < -0.4 is 10.1 Å². The molecule has 1 fully saturated rings. The van der Waals surface area contributed by atoms with Gasteiger partial charge >= 0.3 is 0 Å². The SMILES string of the molecule is Cc1ccc(OCCC(C)O)c(CNC2CC2)n1. The van der Waals surface area contributed by atoms with Gasteiger partial charge in [-0.05, 0) is 38.8 Å². The molecule has 0 spiro atoms. The van der Waals surface area contributed by atoms with Gasteiger partial charge in [0.05, 0.1) is 18.4 Å². The fourth-order valence-corrected chi connectivity index (χ4v) is 1.72. The average Bonchev–Trinajstić information content (AvgIpc) is 3.12. The summed E-state index contributed by atoms with van der Waals surface area (Å²) in [6, 6.07) is 4.59. The van der Waals surface area contributed by atoms with Gasteiger partial charge in [-0.2, -0.15) is 0 Å². The summed E-state index contributed by atoms with van der Waals surface area (Å²) >= 11 is 0. The lowest BCUT2D eigenvalue weighted by Crippen LogP contribution is -2.18. The third kappa shape index (κ3) is 4.27. The highest BCUT2D eigenvalue weighted by molar-refractivity contribution is 5.29. The van der Waals surface area contributed by atoms with Crippen LogP contribution in [0, 0.1) is 6.92 Å². The van der Waals surface area contributed by atoms with Crippen LogP contribution in [0.1, 0.15) is 37.6 Å². The van der Waals surface area contributed by atoms with Crippen molar-refractivity contribution in [1.29, 1.82) is 0 Å². The van der Waals surface area contributed by atoms with Gasteiger partial charge in [-0.25, -0.2) is 0 Å². The molecule has 0 amide bonds. The Morgan fingerprint density at radius 1 is 1.50 bits per heavy atom. The number of aliphatic hydroxyl groups is 1. The van der Waals surface area contributed by atoms with Crippen molar-refractivity contribution in [3.05, 3.63) is 23.5 Å². The van der Waals surface area contributed by atoms with E-state index >= 15 is 0 Å². The van der Waals surface area contributed by atoms with Crippen molar-refractivity contribution in [1.82, 2.24) is 10.3 Å². The van der Waals surface area contributed by atoms with E-state index in [4.69, 9.17) is 4.74 Å². The van der Waals surface area contributed by atoms with Crippen molar-refractivity contribution in [3.63, 3.8) is 0 Å². The van der Waals surface area contributed by atoms with Crippen LogP contribution in [-0.2, 0) is 6.54 Å². The zero-order valence-electron chi connectivity index (χ0n) is 11.1. The largest absolute Gasteiger partial charge is 0.492 e. The van der Waals surface area contributed by atoms with Gasteiger partial charge in [0.1, 0.15) is 5.75 Å². The Morgan fingerprint density at radius 3 is 2.94 bits per heavy atom. The van der Waals surface area contributed by atoms with Crippen LogP contribution in [-0.4, -0.2) is 28.8 Å². The van der Waals surface area contributed by atoms with Gasteiger partial charge in [0.15, 0.2) is 0 Å². The van der Waals surface area contributed by atoms with E-state index in [1.54, 1.807) is 6.92 Å². The van der Waals surface area contributed by atoms with Crippen molar-refractivity contribution >= 4 is 0 Å². The summed E-state index contributed by atoms with van der Waals surface area (Å²) in [7, 11) is 0. The fraction of sp³-hybridized carbons (Fsp3) is 0.643. The zero-order chi connectivity index (χ0) is 13.0. The molecule has 1 saturated carbocycles. The van der Waals surface area contributed by atoms with E-state index in [0.717, 1.165) is 23.7 Å². The molecule has 100 valence electrons. The summed E-state index contributed by atoms with van der Waals surface area (Å²) in [5.74, 6) is 0.828. The molecule has 0 bridgehead atoms. The third-order valence-electron chi connectivity index (χ3n) is 3.00. The van der Waals surface area contributed by atoms with Crippen LogP contribution in [0.25, 0.3) is 0 Å². The Balaban J connectivity index is 1.93. The maximum atomic E-state index is 9.22. The summed E-state index contributed by atoms with van der Waals surface area (Å²) < 4.78 is 5.69. The Bertz CT molecular complexity index is 389. The molecule has 2 N–H and O–H groups in total. The average molecular weight is 250 g/mol. The van der Waals surface area contributed by atoms with Crippen molar-refractivity contribution < 1.29 is 9.84 Å². The van der Waals surface area contributed by atoms with Gasteiger partial charge in [-0.3, -0.25) is 4.98 Å². The molecular weight excluding hydrogens is 228 g/mol. The van der Waals surface area contributed by atoms with E-state index in [1.807, 2.05) is 19.1 Å². The molecule has 1 aromatic rings.